The Kier molecular flexibility index (Phi) is 5.31. The van der Waals surface area contributed by atoms with Gasteiger partial charge in [0, 0.05) is 13.0 Å². The standard InChI is InChI=1S/C20H20N2O4/c1-26-20(25)16-9-7-15(8-10-16)13-22-17(19(24)21-12-18(22)23)11-14-5-3-2-4-6-14/h2-10,17H,11-13H2,1H3,(H,21,24)/t17-/m1/s1. The quantitative estimate of drug-likeness (QED) is 0.829. The number of amides is 2. The minimum atomic E-state index is -0.557. The molecule has 1 heterocycles. The first-order valence-electron chi connectivity index (χ1n) is 8.37. The lowest BCUT2D eigenvalue weighted by Gasteiger charge is -2.35. The van der Waals surface area contributed by atoms with Gasteiger partial charge in [0.2, 0.25) is 11.8 Å². The second-order valence-corrected chi connectivity index (χ2v) is 6.13. The summed E-state index contributed by atoms with van der Waals surface area (Å²) < 4.78 is 4.68. The Morgan fingerprint density at radius 3 is 2.42 bits per heavy atom. The maximum Gasteiger partial charge on any atom is 0.337 e. The van der Waals surface area contributed by atoms with Crippen molar-refractivity contribution in [1.29, 1.82) is 0 Å². The van der Waals surface area contributed by atoms with Crippen LogP contribution in [0.25, 0.3) is 0 Å². The van der Waals surface area contributed by atoms with Crippen molar-refractivity contribution in [2.45, 2.75) is 19.0 Å². The Hall–Kier alpha value is -3.15. The first-order chi connectivity index (χ1) is 12.6. The highest BCUT2D eigenvalue weighted by Crippen LogP contribution is 2.17. The first kappa shape index (κ1) is 17.7. The van der Waals surface area contributed by atoms with Gasteiger partial charge in [0.15, 0.2) is 0 Å². The van der Waals surface area contributed by atoms with Crippen molar-refractivity contribution in [2.75, 3.05) is 13.7 Å². The number of ether oxygens (including phenoxy) is 1. The molecule has 6 nitrogen and oxygen atoms in total. The third kappa shape index (κ3) is 3.91. The van der Waals surface area contributed by atoms with Gasteiger partial charge in [-0.15, -0.1) is 0 Å². The van der Waals surface area contributed by atoms with E-state index in [1.165, 1.54) is 7.11 Å². The van der Waals surface area contributed by atoms with E-state index in [9.17, 15) is 14.4 Å². The van der Waals surface area contributed by atoms with Crippen LogP contribution in [0.1, 0.15) is 21.5 Å². The number of hydrogen-bond donors (Lipinski definition) is 1. The molecule has 1 atom stereocenters. The van der Waals surface area contributed by atoms with E-state index in [1.54, 1.807) is 29.2 Å². The topological polar surface area (TPSA) is 75.7 Å². The average Bonchev–Trinajstić information content (AvgIpc) is 2.68. The van der Waals surface area contributed by atoms with Gasteiger partial charge in [-0.25, -0.2) is 4.79 Å². The summed E-state index contributed by atoms with van der Waals surface area (Å²) in [4.78, 5) is 37.9. The summed E-state index contributed by atoms with van der Waals surface area (Å²) in [6.45, 7) is 0.315. The molecule has 0 bridgehead atoms. The summed E-state index contributed by atoms with van der Waals surface area (Å²) in [6, 6.07) is 15.9. The Labute approximate surface area is 151 Å². The zero-order chi connectivity index (χ0) is 18.5. The number of carbonyl (C=O) groups excluding carboxylic acids is 3. The number of carbonyl (C=O) groups is 3. The fourth-order valence-corrected chi connectivity index (χ4v) is 3.00. The van der Waals surface area contributed by atoms with Crippen LogP contribution in [0.2, 0.25) is 0 Å². The number of nitrogens with zero attached hydrogens (tertiary/aromatic N) is 1. The van der Waals surface area contributed by atoms with Gasteiger partial charge in [-0.05, 0) is 23.3 Å². The van der Waals surface area contributed by atoms with Gasteiger partial charge in [0.1, 0.15) is 6.04 Å². The lowest BCUT2D eigenvalue weighted by Crippen LogP contribution is -2.58. The van der Waals surface area contributed by atoms with Crippen LogP contribution in [0.5, 0.6) is 0 Å². The minimum absolute atomic E-state index is 0.00433. The van der Waals surface area contributed by atoms with Gasteiger partial charge in [-0.2, -0.15) is 0 Å². The molecule has 26 heavy (non-hydrogen) atoms. The van der Waals surface area contributed by atoms with Crippen LogP contribution in [0, 0.1) is 0 Å². The van der Waals surface area contributed by atoms with Crippen molar-refractivity contribution < 1.29 is 19.1 Å². The largest absolute Gasteiger partial charge is 0.465 e. The zero-order valence-electron chi connectivity index (χ0n) is 14.5. The molecule has 0 radical (unpaired) electrons. The number of benzene rings is 2. The van der Waals surface area contributed by atoms with Crippen LogP contribution in [0.3, 0.4) is 0 Å². The number of nitrogens with one attached hydrogen (secondary N) is 1. The third-order valence-electron chi connectivity index (χ3n) is 4.41. The lowest BCUT2D eigenvalue weighted by molar-refractivity contribution is -0.146. The third-order valence-corrected chi connectivity index (χ3v) is 4.41. The van der Waals surface area contributed by atoms with E-state index in [0.29, 0.717) is 18.5 Å². The zero-order valence-corrected chi connectivity index (χ0v) is 14.5. The van der Waals surface area contributed by atoms with E-state index in [4.69, 9.17) is 0 Å². The predicted octanol–water partition coefficient (Wildman–Crippen LogP) is 1.54. The summed E-state index contributed by atoms with van der Waals surface area (Å²) in [5.41, 5.74) is 2.28. The molecule has 2 aromatic carbocycles. The maximum atomic E-state index is 12.4. The minimum Gasteiger partial charge on any atom is -0.465 e. The molecule has 3 rings (SSSR count). The second kappa shape index (κ2) is 7.82. The molecule has 0 unspecified atom stereocenters. The molecule has 1 N–H and O–H groups in total. The monoisotopic (exact) mass is 352 g/mol. The normalized spacial score (nSPS) is 17.0. The molecule has 1 saturated heterocycles. The van der Waals surface area contributed by atoms with E-state index < -0.39 is 12.0 Å². The van der Waals surface area contributed by atoms with Crippen LogP contribution >= 0.6 is 0 Å². The Bertz CT molecular complexity index is 802. The van der Waals surface area contributed by atoms with Crippen LogP contribution < -0.4 is 5.32 Å². The molecule has 1 aliphatic heterocycles. The highest BCUT2D eigenvalue weighted by atomic mass is 16.5. The predicted molar refractivity (Wildman–Crippen MR) is 95.3 cm³/mol. The number of methoxy groups -OCH3 is 1. The van der Waals surface area contributed by atoms with E-state index in [1.807, 2.05) is 30.3 Å². The summed E-state index contributed by atoms with van der Waals surface area (Å²) in [7, 11) is 1.33. The molecular weight excluding hydrogens is 332 g/mol. The van der Waals surface area contributed by atoms with E-state index in [-0.39, 0.29) is 18.4 Å². The van der Waals surface area contributed by atoms with E-state index in [0.717, 1.165) is 11.1 Å². The van der Waals surface area contributed by atoms with Gasteiger partial charge in [-0.3, -0.25) is 9.59 Å². The average molecular weight is 352 g/mol. The lowest BCUT2D eigenvalue weighted by atomic mass is 10.0. The summed E-state index contributed by atoms with van der Waals surface area (Å²) in [5, 5.41) is 2.66. The van der Waals surface area contributed by atoms with Gasteiger partial charge in [0.05, 0.1) is 19.2 Å². The molecule has 0 spiro atoms. The highest BCUT2D eigenvalue weighted by Gasteiger charge is 2.34. The summed E-state index contributed by atoms with van der Waals surface area (Å²) in [5.74, 6) is -0.686. The van der Waals surface area contributed by atoms with Crippen LogP contribution in [0.15, 0.2) is 54.6 Å². The van der Waals surface area contributed by atoms with Crippen molar-refractivity contribution in [3.63, 3.8) is 0 Å². The SMILES string of the molecule is COC(=O)c1ccc(CN2C(=O)CNC(=O)[C@H]2Cc2ccccc2)cc1. The number of rotatable bonds is 5. The molecule has 134 valence electrons. The number of esters is 1. The smallest absolute Gasteiger partial charge is 0.337 e. The van der Waals surface area contributed by atoms with E-state index >= 15 is 0 Å². The Morgan fingerprint density at radius 1 is 1.08 bits per heavy atom. The summed E-state index contributed by atoms with van der Waals surface area (Å²) >= 11 is 0. The molecule has 1 aliphatic rings. The van der Waals surface area contributed by atoms with Crippen molar-refractivity contribution >= 4 is 17.8 Å². The molecular formula is C20H20N2O4. The molecule has 0 aromatic heterocycles. The van der Waals surface area contributed by atoms with E-state index in [2.05, 4.69) is 10.1 Å². The van der Waals surface area contributed by atoms with Crippen LogP contribution in [-0.2, 0) is 27.3 Å². The van der Waals surface area contributed by atoms with Gasteiger partial charge >= 0.3 is 5.97 Å². The first-order valence-corrected chi connectivity index (χ1v) is 8.37. The van der Waals surface area contributed by atoms with Gasteiger partial charge < -0.3 is 15.0 Å². The Morgan fingerprint density at radius 2 is 1.77 bits per heavy atom. The van der Waals surface area contributed by atoms with Crippen molar-refractivity contribution in [3.8, 4) is 0 Å². The molecule has 2 amide bonds. The Balaban J connectivity index is 1.79. The van der Waals surface area contributed by atoms with Gasteiger partial charge in [0.25, 0.3) is 0 Å². The van der Waals surface area contributed by atoms with Crippen molar-refractivity contribution in [2.24, 2.45) is 0 Å². The summed E-state index contributed by atoms with van der Waals surface area (Å²) in [6.07, 6.45) is 0.457. The fourth-order valence-electron chi connectivity index (χ4n) is 3.00. The maximum absolute atomic E-state index is 12.4. The molecule has 1 fully saturated rings. The van der Waals surface area contributed by atoms with Crippen molar-refractivity contribution in [1.82, 2.24) is 10.2 Å². The molecule has 6 heteroatoms. The second-order valence-electron chi connectivity index (χ2n) is 6.13. The van der Waals surface area contributed by atoms with Crippen molar-refractivity contribution in [3.05, 3.63) is 71.3 Å². The highest BCUT2D eigenvalue weighted by molar-refractivity contribution is 5.95. The molecule has 2 aromatic rings. The van der Waals surface area contributed by atoms with Crippen LogP contribution in [0.4, 0.5) is 0 Å². The molecule has 0 saturated carbocycles. The number of hydrogen-bond acceptors (Lipinski definition) is 4. The fraction of sp³-hybridized carbons (Fsp3) is 0.250. The number of piperazine rings is 1. The van der Waals surface area contributed by atoms with Crippen LogP contribution in [-0.4, -0.2) is 42.4 Å². The van der Waals surface area contributed by atoms with Gasteiger partial charge in [-0.1, -0.05) is 42.5 Å². The molecule has 0 aliphatic carbocycles.